The summed E-state index contributed by atoms with van der Waals surface area (Å²) >= 11 is 0. The van der Waals surface area contributed by atoms with Gasteiger partial charge in [0.25, 0.3) is 5.91 Å². The van der Waals surface area contributed by atoms with E-state index in [9.17, 15) is 4.79 Å². The minimum absolute atomic E-state index is 0.00154. The van der Waals surface area contributed by atoms with Crippen LogP contribution in [0.25, 0.3) is 22.2 Å². The van der Waals surface area contributed by atoms with Gasteiger partial charge in [-0.1, -0.05) is 24.6 Å². The molecule has 5 nitrogen and oxygen atoms in total. The van der Waals surface area contributed by atoms with Crippen LogP contribution < -0.4 is 5.32 Å². The topological polar surface area (TPSA) is 59.8 Å². The Kier molecular flexibility index (Phi) is 4.41. The van der Waals surface area contributed by atoms with Crippen LogP contribution in [0.2, 0.25) is 0 Å². The number of aromatic nitrogens is 3. The molecule has 2 aliphatic carbocycles. The molecule has 1 N–H and O–H groups in total. The maximum absolute atomic E-state index is 13.3. The van der Waals surface area contributed by atoms with Crippen molar-refractivity contribution in [2.45, 2.75) is 45.6 Å². The maximum Gasteiger partial charge on any atom is 0.252 e. The van der Waals surface area contributed by atoms with E-state index in [1.807, 2.05) is 50.5 Å². The molecule has 1 amide bonds. The molecular formula is C24H28N4O. The molecule has 0 aliphatic heterocycles. The molecule has 0 saturated heterocycles. The Labute approximate surface area is 171 Å². The zero-order valence-electron chi connectivity index (χ0n) is 17.4. The van der Waals surface area contributed by atoms with Gasteiger partial charge in [-0.2, -0.15) is 5.10 Å². The summed E-state index contributed by atoms with van der Waals surface area (Å²) in [6.07, 6.45) is 7.30. The highest BCUT2D eigenvalue weighted by Crippen LogP contribution is 2.49. The number of hydrogen-bond acceptors (Lipinski definition) is 3. The highest BCUT2D eigenvalue weighted by molar-refractivity contribution is 6.07. The molecule has 0 radical (unpaired) electrons. The van der Waals surface area contributed by atoms with Crippen molar-refractivity contribution in [1.29, 1.82) is 0 Å². The van der Waals surface area contributed by atoms with Crippen LogP contribution in [-0.2, 0) is 7.05 Å². The number of nitrogens with zero attached hydrogens (tertiary/aromatic N) is 3. The van der Waals surface area contributed by atoms with E-state index in [2.05, 4.69) is 17.3 Å². The zero-order valence-corrected chi connectivity index (χ0v) is 17.4. The molecule has 2 aliphatic rings. The van der Waals surface area contributed by atoms with E-state index in [0.29, 0.717) is 11.5 Å². The van der Waals surface area contributed by atoms with Crippen LogP contribution in [0.3, 0.4) is 0 Å². The van der Waals surface area contributed by atoms with Gasteiger partial charge >= 0.3 is 0 Å². The van der Waals surface area contributed by atoms with Gasteiger partial charge in [0, 0.05) is 30.2 Å². The summed E-state index contributed by atoms with van der Waals surface area (Å²) in [4.78, 5) is 18.2. The van der Waals surface area contributed by atoms with Gasteiger partial charge in [-0.25, -0.2) is 4.98 Å². The lowest BCUT2D eigenvalue weighted by Gasteiger charge is -2.28. The number of nitrogens with one attached hydrogen (secondary N) is 1. The van der Waals surface area contributed by atoms with Crippen molar-refractivity contribution >= 4 is 16.8 Å². The molecule has 3 aromatic rings. The number of carbonyl (C=O) groups is 1. The first kappa shape index (κ1) is 18.3. The molecular weight excluding hydrogens is 360 g/mol. The van der Waals surface area contributed by atoms with Crippen LogP contribution in [-0.4, -0.2) is 26.7 Å². The molecule has 0 spiro atoms. The average Bonchev–Trinajstić information content (AvgIpc) is 3.42. The second kappa shape index (κ2) is 6.97. The predicted molar refractivity (Wildman–Crippen MR) is 115 cm³/mol. The summed E-state index contributed by atoms with van der Waals surface area (Å²) in [5, 5.41) is 8.67. The quantitative estimate of drug-likeness (QED) is 0.716. The number of benzene rings is 1. The Morgan fingerprint density at radius 1 is 1.24 bits per heavy atom. The minimum atomic E-state index is 0.00154. The van der Waals surface area contributed by atoms with Gasteiger partial charge < -0.3 is 5.32 Å². The smallest absolute Gasteiger partial charge is 0.252 e. The van der Waals surface area contributed by atoms with Crippen molar-refractivity contribution in [3.63, 3.8) is 0 Å². The van der Waals surface area contributed by atoms with Gasteiger partial charge in [-0.3, -0.25) is 9.48 Å². The van der Waals surface area contributed by atoms with Crippen LogP contribution in [0.5, 0.6) is 0 Å². The zero-order chi connectivity index (χ0) is 20.1. The van der Waals surface area contributed by atoms with Crippen LogP contribution in [0.1, 0.15) is 48.7 Å². The van der Waals surface area contributed by atoms with Crippen molar-refractivity contribution in [3.8, 4) is 11.3 Å². The molecule has 29 heavy (non-hydrogen) atoms. The molecule has 2 heterocycles. The molecule has 5 heteroatoms. The highest BCUT2D eigenvalue weighted by atomic mass is 16.1. The van der Waals surface area contributed by atoms with Crippen LogP contribution >= 0.6 is 0 Å². The summed E-state index contributed by atoms with van der Waals surface area (Å²) < 4.78 is 1.79. The second-order valence-corrected chi connectivity index (χ2v) is 8.97. The lowest BCUT2D eigenvalue weighted by molar-refractivity contribution is 0.0917. The first-order valence-electron chi connectivity index (χ1n) is 10.7. The summed E-state index contributed by atoms with van der Waals surface area (Å²) in [5.41, 5.74) is 4.22. The average molecular weight is 389 g/mol. The Morgan fingerprint density at radius 3 is 2.76 bits per heavy atom. The number of carbonyl (C=O) groups excluding carboxylic acids is 1. The van der Waals surface area contributed by atoms with Crippen molar-refractivity contribution in [1.82, 2.24) is 20.1 Å². The van der Waals surface area contributed by atoms with E-state index >= 15 is 0 Å². The van der Waals surface area contributed by atoms with Gasteiger partial charge in [0.15, 0.2) is 0 Å². The van der Waals surface area contributed by atoms with Crippen LogP contribution in [0, 0.1) is 24.7 Å². The number of pyridine rings is 1. The van der Waals surface area contributed by atoms with Gasteiger partial charge in [-0.15, -0.1) is 0 Å². The molecule has 2 aromatic heterocycles. The van der Waals surface area contributed by atoms with E-state index in [1.54, 1.807) is 4.68 Å². The fourth-order valence-corrected chi connectivity index (χ4v) is 5.65. The van der Waals surface area contributed by atoms with Crippen molar-refractivity contribution in [2.75, 3.05) is 0 Å². The summed E-state index contributed by atoms with van der Waals surface area (Å²) in [6.45, 7) is 4.15. The monoisotopic (exact) mass is 388 g/mol. The Bertz CT molecular complexity index is 1090. The number of para-hydroxylation sites is 1. The summed E-state index contributed by atoms with van der Waals surface area (Å²) in [5.74, 6) is 2.29. The minimum Gasteiger partial charge on any atom is -0.349 e. The van der Waals surface area contributed by atoms with Crippen LogP contribution in [0.15, 0.2) is 36.5 Å². The first-order chi connectivity index (χ1) is 14.0. The third kappa shape index (κ3) is 3.22. The molecule has 5 rings (SSSR count). The number of amides is 1. The van der Waals surface area contributed by atoms with E-state index in [-0.39, 0.29) is 11.9 Å². The molecule has 150 valence electrons. The standard InChI is InChI=1S/C24H28N4O/c1-14(19-11-16-8-9-17(19)10-16)25-24(29)20-12-23(21-13-28(3)27-15(21)2)26-22-7-5-4-6-18(20)22/h4-7,12-14,16-17,19H,8-11H2,1-3H3,(H,25,29). The van der Waals surface area contributed by atoms with Gasteiger partial charge in [0.05, 0.1) is 22.5 Å². The summed E-state index contributed by atoms with van der Waals surface area (Å²) in [7, 11) is 1.90. The third-order valence-electron chi connectivity index (χ3n) is 7.04. The molecule has 1 aromatic carbocycles. The van der Waals surface area contributed by atoms with Gasteiger partial charge in [0.1, 0.15) is 0 Å². The van der Waals surface area contributed by atoms with Crippen LogP contribution in [0.4, 0.5) is 0 Å². The molecule has 4 unspecified atom stereocenters. The third-order valence-corrected chi connectivity index (χ3v) is 7.04. The number of hydrogen-bond donors (Lipinski definition) is 1. The van der Waals surface area contributed by atoms with Crippen molar-refractivity contribution in [3.05, 3.63) is 47.8 Å². The number of aryl methyl sites for hydroxylation is 2. The lowest BCUT2D eigenvalue weighted by atomic mass is 9.84. The van der Waals surface area contributed by atoms with Gasteiger partial charge in [-0.05, 0) is 63.0 Å². The van der Waals surface area contributed by atoms with E-state index in [0.717, 1.165) is 39.7 Å². The Balaban J connectivity index is 1.49. The number of fused-ring (bicyclic) bond motifs is 3. The largest absolute Gasteiger partial charge is 0.349 e. The molecule has 2 saturated carbocycles. The SMILES string of the molecule is Cc1nn(C)cc1-c1cc(C(=O)NC(C)C2CC3CCC2C3)c2ccccc2n1. The Morgan fingerprint density at radius 2 is 2.07 bits per heavy atom. The van der Waals surface area contributed by atoms with E-state index < -0.39 is 0 Å². The second-order valence-electron chi connectivity index (χ2n) is 8.97. The fourth-order valence-electron chi connectivity index (χ4n) is 5.65. The van der Waals surface area contributed by atoms with E-state index in [1.165, 1.54) is 25.7 Å². The normalized spacial score (nSPS) is 24.2. The van der Waals surface area contributed by atoms with Crippen molar-refractivity contribution < 1.29 is 4.79 Å². The number of rotatable bonds is 4. The molecule has 2 fully saturated rings. The molecule has 2 bridgehead atoms. The first-order valence-corrected chi connectivity index (χ1v) is 10.7. The predicted octanol–water partition coefficient (Wildman–Crippen LogP) is 4.50. The fraction of sp³-hybridized carbons (Fsp3) is 0.458. The molecule has 4 atom stereocenters. The van der Waals surface area contributed by atoms with E-state index in [4.69, 9.17) is 4.98 Å². The van der Waals surface area contributed by atoms with Crippen molar-refractivity contribution in [2.24, 2.45) is 24.8 Å². The lowest BCUT2D eigenvalue weighted by Crippen LogP contribution is -2.40. The maximum atomic E-state index is 13.3. The highest BCUT2D eigenvalue weighted by Gasteiger charge is 2.42. The van der Waals surface area contributed by atoms with Gasteiger partial charge in [0.2, 0.25) is 0 Å². The summed E-state index contributed by atoms with van der Waals surface area (Å²) in [6, 6.07) is 10.0. The Hall–Kier alpha value is -2.69.